The summed E-state index contributed by atoms with van der Waals surface area (Å²) >= 11 is 1.58. The average Bonchev–Trinajstić information content (AvgIpc) is 2.81. The quantitative estimate of drug-likeness (QED) is 0.275. The number of aromatic carboxylic acids is 1. The Morgan fingerprint density at radius 1 is 1.05 bits per heavy atom. The first-order valence-electron chi connectivity index (χ1n) is 12.9. The standard InChI is InChI=1S/C31H38N2O4S/c1-19(2)15-27-25(17-32-30(36)37-31(5,6)7)28(22-13-11-20(3)12-14-22)26(21(4)33-27)18-38-24-10-8-9-23(16-24)29(34)35/h8-14,16,19H,15,17-18H2,1-7H3,(H,32,36)(H,34,35). The van der Waals surface area contributed by atoms with Crippen molar-refractivity contribution in [2.75, 3.05) is 0 Å². The minimum absolute atomic E-state index is 0.262. The number of pyridine rings is 1. The summed E-state index contributed by atoms with van der Waals surface area (Å²) in [5, 5.41) is 12.4. The van der Waals surface area contributed by atoms with Gasteiger partial charge in [-0.3, -0.25) is 4.98 Å². The number of aromatic nitrogens is 1. The van der Waals surface area contributed by atoms with Crippen molar-refractivity contribution < 1.29 is 19.4 Å². The summed E-state index contributed by atoms with van der Waals surface area (Å²) in [4.78, 5) is 30.0. The van der Waals surface area contributed by atoms with E-state index in [0.717, 1.165) is 50.5 Å². The van der Waals surface area contributed by atoms with Gasteiger partial charge in [0.1, 0.15) is 5.60 Å². The second-order valence-corrected chi connectivity index (χ2v) is 12.0. The van der Waals surface area contributed by atoms with Gasteiger partial charge in [-0.15, -0.1) is 11.8 Å². The lowest BCUT2D eigenvalue weighted by molar-refractivity contribution is 0.0523. The average molecular weight is 535 g/mol. The fourth-order valence-electron chi connectivity index (χ4n) is 4.19. The third kappa shape index (κ3) is 8.09. The van der Waals surface area contributed by atoms with Crippen LogP contribution < -0.4 is 5.32 Å². The fraction of sp³-hybridized carbons (Fsp3) is 0.387. The van der Waals surface area contributed by atoms with E-state index in [-0.39, 0.29) is 5.56 Å². The Labute approximate surface area is 230 Å². The third-order valence-electron chi connectivity index (χ3n) is 5.91. The van der Waals surface area contributed by atoms with Gasteiger partial charge in [-0.25, -0.2) is 9.59 Å². The minimum atomic E-state index is -0.945. The number of thioether (sulfide) groups is 1. The van der Waals surface area contributed by atoms with Crippen LogP contribution in [0.3, 0.4) is 0 Å². The molecule has 38 heavy (non-hydrogen) atoms. The van der Waals surface area contributed by atoms with E-state index in [0.29, 0.717) is 18.2 Å². The predicted molar refractivity (Wildman–Crippen MR) is 154 cm³/mol. The molecule has 0 aliphatic heterocycles. The smallest absolute Gasteiger partial charge is 0.407 e. The zero-order chi connectivity index (χ0) is 28.0. The first-order chi connectivity index (χ1) is 17.8. The molecule has 0 atom stereocenters. The molecule has 3 aromatic rings. The van der Waals surface area contributed by atoms with Crippen molar-refractivity contribution in [2.45, 2.75) is 77.7 Å². The van der Waals surface area contributed by atoms with E-state index in [4.69, 9.17) is 9.72 Å². The van der Waals surface area contributed by atoms with Gasteiger partial charge in [0.2, 0.25) is 0 Å². The van der Waals surface area contributed by atoms with Gasteiger partial charge in [0, 0.05) is 34.1 Å². The normalized spacial score (nSPS) is 11.5. The summed E-state index contributed by atoms with van der Waals surface area (Å²) in [5.74, 6) is 0.0400. The van der Waals surface area contributed by atoms with Crippen LogP contribution in [-0.4, -0.2) is 27.8 Å². The summed E-state index contributed by atoms with van der Waals surface area (Å²) < 4.78 is 5.51. The van der Waals surface area contributed by atoms with E-state index in [1.165, 1.54) is 0 Å². The molecular formula is C31H38N2O4S. The van der Waals surface area contributed by atoms with Crippen LogP contribution in [0.25, 0.3) is 11.1 Å². The minimum Gasteiger partial charge on any atom is -0.478 e. The monoisotopic (exact) mass is 534 g/mol. The van der Waals surface area contributed by atoms with Crippen LogP contribution in [0.5, 0.6) is 0 Å². The van der Waals surface area contributed by atoms with Crippen LogP contribution in [0.4, 0.5) is 4.79 Å². The lowest BCUT2D eigenvalue weighted by Crippen LogP contribution is -2.32. The highest BCUT2D eigenvalue weighted by atomic mass is 32.2. The van der Waals surface area contributed by atoms with Crippen molar-refractivity contribution in [2.24, 2.45) is 5.92 Å². The molecule has 1 amide bonds. The number of ether oxygens (including phenoxy) is 1. The van der Waals surface area contributed by atoms with Crippen molar-refractivity contribution in [3.05, 3.63) is 82.2 Å². The Kier molecular flexibility index (Phi) is 9.60. The summed E-state index contributed by atoms with van der Waals surface area (Å²) in [6, 6.07) is 15.4. The first-order valence-corrected chi connectivity index (χ1v) is 13.8. The van der Waals surface area contributed by atoms with E-state index in [1.54, 1.807) is 30.0 Å². The molecular weight excluding hydrogens is 496 g/mol. The van der Waals surface area contributed by atoms with Crippen molar-refractivity contribution in [3.8, 4) is 11.1 Å². The molecule has 2 N–H and O–H groups in total. The molecule has 0 saturated heterocycles. The van der Waals surface area contributed by atoms with Crippen LogP contribution in [0.1, 0.15) is 73.1 Å². The highest BCUT2D eigenvalue weighted by Gasteiger charge is 2.22. The van der Waals surface area contributed by atoms with Crippen molar-refractivity contribution in [3.63, 3.8) is 0 Å². The zero-order valence-electron chi connectivity index (χ0n) is 23.3. The number of benzene rings is 2. The Bertz CT molecular complexity index is 1290. The van der Waals surface area contributed by atoms with Crippen molar-refractivity contribution in [1.82, 2.24) is 10.3 Å². The number of carbonyl (C=O) groups is 2. The molecule has 0 spiro atoms. The number of nitrogens with one attached hydrogen (secondary N) is 1. The number of rotatable bonds is 9. The number of nitrogens with zero attached hydrogens (tertiary/aromatic N) is 1. The number of amides is 1. The molecule has 6 nitrogen and oxygen atoms in total. The molecule has 0 aliphatic carbocycles. The molecule has 0 unspecified atom stereocenters. The first kappa shape index (κ1) is 29.2. The van der Waals surface area contributed by atoms with Crippen molar-refractivity contribution in [1.29, 1.82) is 0 Å². The van der Waals surface area contributed by atoms with Crippen LogP contribution >= 0.6 is 11.8 Å². The van der Waals surface area contributed by atoms with E-state index in [9.17, 15) is 14.7 Å². The third-order valence-corrected chi connectivity index (χ3v) is 6.93. The summed E-state index contributed by atoms with van der Waals surface area (Å²) in [6.45, 7) is 14.2. The van der Waals surface area contributed by atoms with Crippen LogP contribution in [0.2, 0.25) is 0 Å². The number of alkyl carbamates (subject to hydrolysis) is 1. The van der Waals surface area contributed by atoms with E-state index >= 15 is 0 Å². The molecule has 2 aromatic carbocycles. The fourth-order valence-corrected chi connectivity index (χ4v) is 5.23. The van der Waals surface area contributed by atoms with Gasteiger partial charge in [0.25, 0.3) is 0 Å². The molecule has 0 bridgehead atoms. The lowest BCUT2D eigenvalue weighted by atomic mass is 9.90. The van der Waals surface area contributed by atoms with Gasteiger partial charge in [-0.1, -0.05) is 49.7 Å². The maximum Gasteiger partial charge on any atom is 0.407 e. The summed E-state index contributed by atoms with van der Waals surface area (Å²) in [7, 11) is 0. The molecule has 3 rings (SSSR count). The van der Waals surface area contributed by atoms with Crippen LogP contribution in [0, 0.1) is 19.8 Å². The Balaban J connectivity index is 2.10. The molecule has 0 saturated carbocycles. The second-order valence-electron chi connectivity index (χ2n) is 10.9. The van der Waals surface area contributed by atoms with E-state index < -0.39 is 17.7 Å². The van der Waals surface area contributed by atoms with Gasteiger partial charge in [0.15, 0.2) is 0 Å². The summed E-state index contributed by atoms with van der Waals surface area (Å²) in [6.07, 6.45) is 0.309. The highest BCUT2D eigenvalue weighted by molar-refractivity contribution is 7.98. The molecule has 1 aromatic heterocycles. The largest absolute Gasteiger partial charge is 0.478 e. The number of aryl methyl sites for hydroxylation is 2. The van der Waals surface area contributed by atoms with E-state index in [2.05, 4.69) is 50.4 Å². The van der Waals surface area contributed by atoms with Gasteiger partial charge < -0.3 is 15.2 Å². The van der Waals surface area contributed by atoms with Gasteiger partial charge in [-0.05, 0) is 81.8 Å². The number of carboxylic acid groups (broad SMARTS) is 1. The number of hydrogen-bond acceptors (Lipinski definition) is 5. The number of carbonyl (C=O) groups excluding carboxylic acids is 1. The second kappa shape index (κ2) is 12.5. The zero-order valence-corrected chi connectivity index (χ0v) is 24.2. The SMILES string of the molecule is Cc1ccc(-c2c(CSc3cccc(C(=O)O)c3)c(C)nc(CC(C)C)c2CNC(=O)OC(C)(C)C)cc1. The topological polar surface area (TPSA) is 88.5 Å². The number of carboxylic acids is 1. The van der Waals surface area contributed by atoms with Crippen LogP contribution in [-0.2, 0) is 23.5 Å². The van der Waals surface area contributed by atoms with Gasteiger partial charge in [-0.2, -0.15) is 0 Å². The number of hydrogen-bond donors (Lipinski definition) is 2. The molecule has 7 heteroatoms. The summed E-state index contributed by atoms with van der Waals surface area (Å²) in [5.41, 5.74) is 6.89. The molecule has 0 aliphatic rings. The molecule has 1 heterocycles. The lowest BCUT2D eigenvalue weighted by Gasteiger charge is -2.23. The highest BCUT2D eigenvalue weighted by Crippen LogP contribution is 2.36. The van der Waals surface area contributed by atoms with Crippen LogP contribution in [0.15, 0.2) is 53.4 Å². The van der Waals surface area contributed by atoms with Gasteiger partial charge >= 0.3 is 12.1 Å². The molecule has 0 fully saturated rings. The molecule has 202 valence electrons. The van der Waals surface area contributed by atoms with Crippen molar-refractivity contribution >= 4 is 23.8 Å². The Morgan fingerprint density at radius 2 is 1.74 bits per heavy atom. The molecule has 0 radical (unpaired) electrons. The maximum absolute atomic E-state index is 12.6. The van der Waals surface area contributed by atoms with Gasteiger partial charge in [0.05, 0.1) is 5.56 Å². The maximum atomic E-state index is 12.6. The predicted octanol–water partition coefficient (Wildman–Crippen LogP) is 7.58. The van der Waals surface area contributed by atoms with E-state index in [1.807, 2.05) is 33.8 Å². The Morgan fingerprint density at radius 3 is 2.34 bits per heavy atom. The Hall–Kier alpha value is -3.32.